The molecule has 3 rings (SSSR count). The predicted octanol–water partition coefficient (Wildman–Crippen LogP) is 1.96. The number of H-pyrrole nitrogens is 2. The Morgan fingerprint density at radius 2 is 2.11 bits per heavy atom. The van der Waals surface area contributed by atoms with Crippen molar-refractivity contribution in [3.8, 4) is 17.0 Å². The van der Waals surface area contributed by atoms with Gasteiger partial charge in [-0.05, 0) is 6.07 Å². The molecular formula is C12H9N3O3. The van der Waals surface area contributed by atoms with Gasteiger partial charge in [-0.25, -0.2) is 9.78 Å². The lowest BCUT2D eigenvalue weighted by Crippen LogP contribution is -1.98. The lowest BCUT2D eigenvalue weighted by Gasteiger charge is -1.98. The van der Waals surface area contributed by atoms with E-state index in [1.807, 2.05) is 0 Å². The van der Waals surface area contributed by atoms with Crippen molar-refractivity contribution in [2.45, 2.75) is 0 Å². The van der Waals surface area contributed by atoms with Crippen molar-refractivity contribution in [3.63, 3.8) is 0 Å². The number of nitrogens with one attached hydrogen (secondary N) is 2. The van der Waals surface area contributed by atoms with E-state index >= 15 is 0 Å². The highest BCUT2D eigenvalue weighted by Gasteiger charge is 2.18. The first-order valence-electron chi connectivity index (χ1n) is 5.24. The second kappa shape index (κ2) is 3.63. The van der Waals surface area contributed by atoms with Crippen LogP contribution < -0.4 is 0 Å². The second-order valence-electron chi connectivity index (χ2n) is 3.83. The number of hydrogen-bond acceptors (Lipinski definition) is 3. The Balaban J connectivity index is 2.29. The highest BCUT2D eigenvalue weighted by atomic mass is 16.4. The number of fused-ring (bicyclic) bond motifs is 1. The fourth-order valence-corrected chi connectivity index (χ4v) is 2.00. The molecule has 4 N–H and O–H groups in total. The van der Waals surface area contributed by atoms with Gasteiger partial charge in [0.05, 0.1) is 11.8 Å². The molecule has 3 aromatic rings. The number of hydrogen-bond donors (Lipinski definition) is 4. The number of aromatic nitrogens is 3. The molecule has 0 spiro atoms. The number of carboxylic acid groups (broad SMARTS) is 1. The molecule has 0 amide bonds. The molecular weight excluding hydrogens is 234 g/mol. The van der Waals surface area contributed by atoms with Crippen LogP contribution in [0.25, 0.3) is 22.2 Å². The fourth-order valence-electron chi connectivity index (χ4n) is 2.00. The van der Waals surface area contributed by atoms with Crippen molar-refractivity contribution in [1.29, 1.82) is 0 Å². The molecule has 0 atom stereocenters. The number of aromatic amines is 2. The van der Waals surface area contributed by atoms with Crippen molar-refractivity contribution >= 4 is 16.9 Å². The normalized spacial score (nSPS) is 10.9. The standard InChI is InChI=1S/C12H9N3O3/c16-8-3-1-2-6-7(4-13-9(6)8)10-11(12(17)18)15-5-14-10/h1-5,13,16H,(H,14,15)(H,17,18). The van der Waals surface area contributed by atoms with Gasteiger partial charge < -0.3 is 20.2 Å². The molecule has 0 aliphatic rings. The van der Waals surface area contributed by atoms with Gasteiger partial charge in [0.25, 0.3) is 0 Å². The zero-order valence-corrected chi connectivity index (χ0v) is 9.14. The smallest absolute Gasteiger partial charge is 0.354 e. The number of nitrogens with zero attached hydrogens (tertiary/aromatic N) is 1. The number of aromatic hydroxyl groups is 1. The Labute approximate surface area is 101 Å². The Morgan fingerprint density at radius 1 is 1.28 bits per heavy atom. The number of phenolic OH excluding ortho intramolecular Hbond substituents is 1. The predicted molar refractivity (Wildman–Crippen MR) is 64.5 cm³/mol. The Morgan fingerprint density at radius 3 is 2.89 bits per heavy atom. The quantitative estimate of drug-likeness (QED) is 0.552. The van der Waals surface area contributed by atoms with Crippen LogP contribution in [0.2, 0.25) is 0 Å². The molecule has 2 aromatic heterocycles. The zero-order chi connectivity index (χ0) is 12.7. The van der Waals surface area contributed by atoms with Crippen molar-refractivity contribution in [1.82, 2.24) is 15.0 Å². The van der Waals surface area contributed by atoms with Gasteiger partial charge in [-0.1, -0.05) is 12.1 Å². The maximum Gasteiger partial charge on any atom is 0.354 e. The lowest BCUT2D eigenvalue weighted by molar-refractivity contribution is 0.0692. The minimum absolute atomic E-state index is 0.0271. The number of rotatable bonds is 2. The van der Waals surface area contributed by atoms with E-state index in [0.717, 1.165) is 5.39 Å². The summed E-state index contributed by atoms with van der Waals surface area (Å²) in [6.45, 7) is 0. The number of carboxylic acids is 1. The van der Waals surface area contributed by atoms with Crippen LogP contribution in [0.1, 0.15) is 10.5 Å². The average Bonchev–Trinajstić information content (AvgIpc) is 2.94. The van der Waals surface area contributed by atoms with E-state index < -0.39 is 5.97 Å². The monoisotopic (exact) mass is 243 g/mol. The minimum Gasteiger partial charge on any atom is -0.506 e. The molecule has 90 valence electrons. The van der Waals surface area contributed by atoms with Gasteiger partial charge >= 0.3 is 5.97 Å². The Bertz CT molecular complexity index is 742. The lowest BCUT2D eigenvalue weighted by atomic mass is 10.1. The van der Waals surface area contributed by atoms with Crippen LogP contribution in [0.4, 0.5) is 0 Å². The van der Waals surface area contributed by atoms with Crippen molar-refractivity contribution in [2.24, 2.45) is 0 Å². The summed E-state index contributed by atoms with van der Waals surface area (Å²) in [6, 6.07) is 5.05. The highest BCUT2D eigenvalue weighted by molar-refractivity contribution is 6.02. The van der Waals surface area contributed by atoms with Crippen LogP contribution in [0, 0.1) is 0 Å². The van der Waals surface area contributed by atoms with E-state index in [1.165, 1.54) is 6.33 Å². The van der Waals surface area contributed by atoms with Gasteiger partial charge in [0.2, 0.25) is 0 Å². The summed E-state index contributed by atoms with van der Waals surface area (Å²) in [4.78, 5) is 20.6. The molecule has 6 heteroatoms. The molecule has 0 aliphatic heterocycles. The number of phenols is 1. The van der Waals surface area contributed by atoms with E-state index in [-0.39, 0.29) is 11.4 Å². The van der Waals surface area contributed by atoms with E-state index in [9.17, 15) is 9.90 Å². The van der Waals surface area contributed by atoms with Gasteiger partial charge in [0, 0.05) is 17.1 Å². The SMILES string of the molecule is O=C(O)c1[nH]cnc1-c1c[nH]c2c(O)cccc12. The van der Waals surface area contributed by atoms with E-state index in [0.29, 0.717) is 16.8 Å². The van der Waals surface area contributed by atoms with Crippen molar-refractivity contribution in [3.05, 3.63) is 36.4 Å². The van der Waals surface area contributed by atoms with Crippen LogP contribution >= 0.6 is 0 Å². The summed E-state index contributed by atoms with van der Waals surface area (Å²) in [6.07, 6.45) is 2.97. The first-order chi connectivity index (χ1) is 8.68. The summed E-state index contributed by atoms with van der Waals surface area (Å²) in [5, 5.41) is 19.5. The summed E-state index contributed by atoms with van der Waals surface area (Å²) >= 11 is 0. The largest absolute Gasteiger partial charge is 0.506 e. The topological polar surface area (TPSA) is 102 Å². The summed E-state index contributed by atoms with van der Waals surface area (Å²) in [5.74, 6) is -0.955. The molecule has 0 saturated carbocycles. The van der Waals surface area contributed by atoms with Gasteiger partial charge in [0.1, 0.15) is 11.4 Å². The van der Waals surface area contributed by atoms with Crippen LogP contribution in [0.15, 0.2) is 30.7 Å². The van der Waals surface area contributed by atoms with Crippen LogP contribution in [0.5, 0.6) is 5.75 Å². The summed E-state index contributed by atoms with van der Waals surface area (Å²) in [5.41, 5.74) is 1.57. The number of para-hydroxylation sites is 1. The third-order valence-corrected chi connectivity index (χ3v) is 2.80. The first kappa shape index (κ1) is 10.4. The number of benzene rings is 1. The Kier molecular flexibility index (Phi) is 2.09. The number of imidazole rings is 1. The van der Waals surface area contributed by atoms with Crippen LogP contribution in [0.3, 0.4) is 0 Å². The molecule has 6 nitrogen and oxygen atoms in total. The van der Waals surface area contributed by atoms with Gasteiger partial charge in [-0.15, -0.1) is 0 Å². The van der Waals surface area contributed by atoms with E-state index in [2.05, 4.69) is 15.0 Å². The fraction of sp³-hybridized carbons (Fsp3) is 0. The van der Waals surface area contributed by atoms with Crippen LogP contribution in [-0.4, -0.2) is 31.1 Å². The molecule has 0 bridgehead atoms. The molecule has 2 heterocycles. The third kappa shape index (κ3) is 1.36. The van der Waals surface area contributed by atoms with E-state index in [1.54, 1.807) is 24.4 Å². The average molecular weight is 243 g/mol. The van der Waals surface area contributed by atoms with Gasteiger partial charge in [0.15, 0.2) is 5.69 Å². The maximum absolute atomic E-state index is 11.1. The van der Waals surface area contributed by atoms with Crippen molar-refractivity contribution < 1.29 is 15.0 Å². The molecule has 0 radical (unpaired) electrons. The van der Waals surface area contributed by atoms with E-state index in [4.69, 9.17) is 5.11 Å². The third-order valence-electron chi connectivity index (χ3n) is 2.80. The maximum atomic E-state index is 11.1. The number of carbonyl (C=O) groups is 1. The molecule has 0 fully saturated rings. The highest BCUT2D eigenvalue weighted by Crippen LogP contribution is 2.32. The molecule has 18 heavy (non-hydrogen) atoms. The van der Waals surface area contributed by atoms with Gasteiger partial charge in [-0.3, -0.25) is 0 Å². The Hall–Kier alpha value is -2.76. The summed E-state index contributed by atoms with van der Waals surface area (Å²) < 4.78 is 0. The van der Waals surface area contributed by atoms with Crippen molar-refractivity contribution in [2.75, 3.05) is 0 Å². The molecule has 1 aromatic carbocycles. The molecule has 0 saturated heterocycles. The molecule has 0 unspecified atom stereocenters. The minimum atomic E-state index is -1.07. The van der Waals surface area contributed by atoms with Crippen LogP contribution in [-0.2, 0) is 0 Å². The first-order valence-corrected chi connectivity index (χ1v) is 5.24. The summed E-state index contributed by atoms with van der Waals surface area (Å²) in [7, 11) is 0. The van der Waals surface area contributed by atoms with Gasteiger partial charge in [-0.2, -0.15) is 0 Å². The number of aromatic carboxylic acids is 1. The molecule has 0 aliphatic carbocycles. The second-order valence-corrected chi connectivity index (χ2v) is 3.83. The zero-order valence-electron chi connectivity index (χ0n) is 9.14.